The van der Waals surface area contributed by atoms with Crippen LogP contribution in [0.4, 0.5) is 0 Å². The number of rotatable bonds is 1. The Hall–Kier alpha value is 0.120. The molecule has 13 heavy (non-hydrogen) atoms. The van der Waals surface area contributed by atoms with Crippen molar-refractivity contribution in [3.05, 3.63) is 32.4 Å². The molecule has 1 aliphatic rings. The Morgan fingerprint density at radius 3 is 2.54 bits per heavy atom. The summed E-state index contributed by atoms with van der Waals surface area (Å²) in [5.74, 6) is 0. The maximum Gasteiger partial charge on any atom is 0.323 e. The number of nitro groups is 1. The van der Waals surface area contributed by atoms with Gasteiger partial charge in [-0.15, -0.1) is 0 Å². The van der Waals surface area contributed by atoms with Crippen LogP contribution < -0.4 is 5.73 Å². The molecule has 4 nitrogen and oxygen atoms in total. The molecule has 2 N–H and O–H groups in total. The van der Waals surface area contributed by atoms with E-state index < -0.39 is 14.2 Å². The van der Waals surface area contributed by atoms with Gasteiger partial charge in [-0.1, -0.05) is 15.9 Å². The first kappa shape index (κ1) is 11.2. The van der Waals surface area contributed by atoms with Crippen molar-refractivity contribution in [2.75, 3.05) is 0 Å². The summed E-state index contributed by atoms with van der Waals surface area (Å²) in [5.41, 5.74) is 5.98. The summed E-state index contributed by atoms with van der Waals surface area (Å²) in [5, 5.41) is 10.8. The largest absolute Gasteiger partial charge is 0.401 e. The molecule has 2 unspecified atom stereocenters. The van der Waals surface area contributed by atoms with E-state index in [1.54, 1.807) is 12.2 Å². The van der Waals surface area contributed by atoms with Crippen molar-refractivity contribution in [2.24, 2.45) is 5.73 Å². The quantitative estimate of drug-likeness (QED) is 0.330. The van der Waals surface area contributed by atoms with Crippen LogP contribution in [0.5, 0.6) is 0 Å². The van der Waals surface area contributed by atoms with E-state index in [1.165, 1.54) is 0 Å². The second kappa shape index (κ2) is 3.70. The highest BCUT2D eigenvalue weighted by Gasteiger charge is 2.52. The summed E-state index contributed by atoms with van der Waals surface area (Å²) < 4.78 is -0.965. The summed E-state index contributed by atoms with van der Waals surface area (Å²) in [6.45, 7) is 0. The van der Waals surface area contributed by atoms with E-state index in [2.05, 4.69) is 47.8 Å². The van der Waals surface area contributed by atoms with Gasteiger partial charge in [0.25, 0.3) is 0 Å². The van der Waals surface area contributed by atoms with Crippen molar-refractivity contribution in [3.8, 4) is 0 Å². The molecule has 0 heterocycles. The minimum atomic E-state index is -1.40. The second-order valence-electron chi connectivity index (χ2n) is 2.47. The zero-order valence-electron chi connectivity index (χ0n) is 6.21. The number of alkyl halides is 2. The standard InChI is InChI=1S/C6H5Br3N2O2/c7-4-2-1-3(10)5(8)6(4,9)11(12)13/h1-2,5H,10H2. The maximum atomic E-state index is 10.8. The lowest BCUT2D eigenvalue weighted by Gasteiger charge is -2.26. The fourth-order valence-electron chi connectivity index (χ4n) is 0.892. The molecule has 0 aromatic rings. The third-order valence-electron chi connectivity index (χ3n) is 1.65. The van der Waals surface area contributed by atoms with Crippen LogP contribution in [-0.4, -0.2) is 14.2 Å². The Morgan fingerprint density at radius 2 is 2.15 bits per heavy atom. The van der Waals surface area contributed by atoms with Crippen molar-refractivity contribution >= 4 is 47.8 Å². The first-order chi connectivity index (χ1) is 5.90. The molecule has 1 rings (SSSR count). The smallest absolute Gasteiger partial charge is 0.323 e. The van der Waals surface area contributed by atoms with Gasteiger partial charge in [-0.3, -0.25) is 10.1 Å². The number of halogens is 3. The van der Waals surface area contributed by atoms with Gasteiger partial charge in [0.2, 0.25) is 0 Å². The Morgan fingerprint density at radius 1 is 1.62 bits per heavy atom. The highest BCUT2D eigenvalue weighted by atomic mass is 79.9. The predicted molar refractivity (Wildman–Crippen MR) is 60.6 cm³/mol. The van der Waals surface area contributed by atoms with Crippen molar-refractivity contribution in [1.29, 1.82) is 0 Å². The molecular formula is C6H5Br3N2O2. The number of hydrogen-bond acceptors (Lipinski definition) is 3. The van der Waals surface area contributed by atoms with E-state index in [0.29, 0.717) is 10.2 Å². The van der Waals surface area contributed by atoms with Crippen molar-refractivity contribution in [3.63, 3.8) is 0 Å². The summed E-state index contributed by atoms with van der Waals surface area (Å²) in [4.78, 5) is 9.82. The van der Waals surface area contributed by atoms with Crippen LogP contribution in [0.15, 0.2) is 22.3 Å². The van der Waals surface area contributed by atoms with Crippen LogP contribution in [0.25, 0.3) is 0 Å². The first-order valence-electron chi connectivity index (χ1n) is 3.21. The van der Waals surface area contributed by atoms with E-state index in [9.17, 15) is 10.1 Å². The normalized spacial score (nSPS) is 33.6. The minimum absolute atomic E-state index is 0.414. The summed E-state index contributed by atoms with van der Waals surface area (Å²) in [6, 6.07) is 0. The zero-order chi connectivity index (χ0) is 10.2. The van der Waals surface area contributed by atoms with Gasteiger partial charge in [-0.25, -0.2) is 0 Å². The molecule has 0 saturated heterocycles. The molecular weight excluding hydrogens is 372 g/mol. The van der Waals surface area contributed by atoms with Gasteiger partial charge < -0.3 is 5.73 Å². The molecule has 0 spiro atoms. The van der Waals surface area contributed by atoms with Crippen molar-refractivity contribution < 1.29 is 4.92 Å². The highest BCUT2D eigenvalue weighted by Crippen LogP contribution is 2.43. The minimum Gasteiger partial charge on any atom is -0.401 e. The van der Waals surface area contributed by atoms with Gasteiger partial charge in [0.05, 0.1) is 4.48 Å². The molecule has 0 bridgehead atoms. The van der Waals surface area contributed by atoms with Crippen LogP contribution in [0, 0.1) is 10.1 Å². The fourth-order valence-corrected chi connectivity index (χ4v) is 2.67. The Balaban J connectivity index is 3.19. The van der Waals surface area contributed by atoms with Crippen LogP contribution >= 0.6 is 47.8 Å². The monoisotopic (exact) mass is 374 g/mol. The zero-order valence-corrected chi connectivity index (χ0v) is 11.0. The lowest BCUT2D eigenvalue weighted by Crippen LogP contribution is -2.44. The molecule has 0 amide bonds. The predicted octanol–water partition coefficient (Wildman–Crippen LogP) is 2.25. The van der Waals surface area contributed by atoms with Crippen LogP contribution in [-0.2, 0) is 0 Å². The van der Waals surface area contributed by atoms with Gasteiger partial charge >= 0.3 is 4.45 Å². The molecule has 7 heteroatoms. The van der Waals surface area contributed by atoms with Crippen LogP contribution in [0.2, 0.25) is 0 Å². The Kier molecular flexibility index (Phi) is 3.19. The lowest BCUT2D eigenvalue weighted by molar-refractivity contribution is -0.520. The maximum absolute atomic E-state index is 10.8. The highest BCUT2D eigenvalue weighted by molar-refractivity contribution is 9.15. The molecule has 0 aromatic carbocycles. The molecule has 0 radical (unpaired) electrons. The topological polar surface area (TPSA) is 69.2 Å². The Bertz CT molecular complexity index is 315. The van der Waals surface area contributed by atoms with Crippen molar-refractivity contribution in [2.45, 2.75) is 9.28 Å². The third kappa shape index (κ3) is 1.69. The molecule has 1 aliphatic carbocycles. The molecule has 0 fully saturated rings. The molecule has 72 valence electrons. The fraction of sp³-hybridized carbons (Fsp3) is 0.333. The number of nitrogens with zero attached hydrogens (tertiary/aromatic N) is 1. The van der Waals surface area contributed by atoms with E-state index in [1.807, 2.05) is 0 Å². The van der Waals surface area contributed by atoms with E-state index >= 15 is 0 Å². The number of hydrogen-bond donors (Lipinski definition) is 1. The van der Waals surface area contributed by atoms with Crippen LogP contribution in [0.1, 0.15) is 0 Å². The van der Waals surface area contributed by atoms with Gasteiger partial charge in [-0.05, 0) is 28.1 Å². The third-order valence-corrected chi connectivity index (χ3v) is 6.03. The number of nitrogens with two attached hydrogens (primary N) is 1. The summed E-state index contributed by atoms with van der Waals surface area (Å²) >= 11 is 9.34. The molecule has 0 aliphatic heterocycles. The van der Waals surface area contributed by atoms with E-state index in [0.717, 1.165) is 0 Å². The van der Waals surface area contributed by atoms with Gasteiger partial charge in [0.1, 0.15) is 4.83 Å². The molecule has 0 saturated carbocycles. The average molecular weight is 377 g/mol. The second-order valence-corrected chi connectivity index (χ2v) is 5.45. The average Bonchev–Trinajstić information content (AvgIpc) is 2.08. The molecule has 0 aromatic heterocycles. The van der Waals surface area contributed by atoms with E-state index in [4.69, 9.17) is 5.73 Å². The SMILES string of the molecule is NC1=CC=C(Br)C(Br)([N+](=O)[O-])C1Br. The van der Waals surface area contributed by atoms with Gasteiger partial charge in [0.15, 0.2) is 0 Å². The molecule has 2 atom stereocenters. The van der Waals surface area contributed by atoms with Crippen LogP contribution in [0.3, 0.4) is 0 Å². The Labute approximate surface area is 99.8 Å². The summed E-state index contributed by atoms with van der Waals surface area (Å²) in [7, 11) is 0. The van der Waals surface area contributed by atoms with Gasteiger partial charge in [0, 0.05) is 26.6 Å². The summed E-state index contributed by atoms with van der Waals surface area (Å²) in [6.07, 6.45) is 3.18. The van der Waals surface area contributed by atoms with Gasteiger partial charge in [-0.2, -0.15) is 0 Å². The van der Waals surface area contributed by atoms with Crippen molar-refractivity contribution in [1.82, 2.24) is 0 Å². The van der Waals surface area contributed by atoms with E-state index in [-0.39, 0.29) is 0 Å². The first-order valence-corrected chi connectivity index (χ1v) is 5.71. The number of allylic oxidation sites excluding steroid dienone is 2. The lowest BCUT2D eigenvalue weighted by atomic mass is 10.1.